The van der Waals surface area contributed by atoms with Crippen molar-refractivity contribution in [1.29, 1.82) is 0 Å². The molecule has 1 aromatic rings. The van der Waals surface area contributed by atoms with Gasteiger partial charge in [0.25, 0.3) is 0 Å². The van der Waals surface area contributed by atoms with E-state index < -0.39 is 0 Å². The number of nitrogens with zero attached hydrogens (tertiary/aromatic N) is 1. The van der Waals surface area contributed by atoms with Gasteiger partial charge >= 0.3 is 0 Å². The summed E-state index contributed by atoms with van der Waals surface area (Å²) < 4.78 is 5.92. The lowest BCUT2D eigenvalue weighted by molar-refractivity contribution is 0.334. The zero-order valence-electron chi connectivity index (χ0n) is 11.1. The van der Waals surface area contributed by atoms with E-state index in [1.165, 1.54) is 0 Å². The summed E-state index contributed by atoms with van der Waals surface area (Å²) in [5.74, 6) is 1.89. The highest BCUT2D eigenvalue weighted by molar-refractivity contribution is 5.20. The molecule has 0 fully saturated rings. The molecule has 0 saturated heterocycles. The summed E-state index contributed by atoms with van der Waals surface area (Å²) in [6, 6.07) is 0. The fraction of sp³-hybridized carbons (Fsp3) is 0.769. The Labute approximate surface area is 93.1 Å². The minimum absolute atomic E-state index is 0.00653. The molecule has 2 heteroatoms. The third-order valence-electron chi connectivity index (χ3n) is 2.36. The summed E-state index contributed by atoms with van der Waals surface area (Å²) in [5.41, 5.74) is 1.14. The molecule has 0 aliphatic carbocycles. The summed E-state index contributed by atoms with van der Waals surface area (Å²) in [5, 5.41) is 0. The van der Waals surface area contributed by atoms with Crippen LogP contribution in [0.15, 0.2) is 4.42 Å². The average molecular weight is 209 g/mol. The van der Waals surface area contributed by atoms with Gasteiger partial charge in [-0.25, -0.2) is 4.98 Å². The van der Waals surface area contributed by atoms with Crippen LogP contribution in [0.5, 0.6) is 0 Å². The lowest BCUT2D eigenvalue weighted by atomic mass is 9.91. The summed E-state index contributed by atoms with van der Waals surface area (Å²) in [6.45, 7) is 15.0. The number of oxazole rings is 1. The Balaban J connectivity index is 3.24. The van der Waals surface area contributed by atoms with E-state index in [9.17, 15) is 0 Å². The van der Waals surface area contributed by atoms with Crippen LogP contribution in [0.3, 0.4) is 0 Å². The molecule has 0 atom stereocenters. The van der Waals surface area contributed by atoms with Crippen molar-refractivity contribution in [3.8, 4) is 0 Å². The molecule has 0 aliphatic heterocycles. The second kappa shape index (κ2) is 3.66. The molecule has 1 rings (SSSR count). The average Bonchev–Trinajstić information content (AvgIpc) is 2.44. The zero-order chi connectivity index (χ0) is 11.9. The Morgan fingerprint density at radius 2 is 1.53 bits per heavy atom. The van der Waals surface area contributed by atoms with Crippen molar-refractivity contribution < 1.29 is 4.42 Å². The summed E-state index contributed by atoms with van der Waals surface area (Å²) in [7, 11) is 0. The van der Waals surface area contributed by atoms with E-state index in [4.69, 9.17) is 4.42 Å². The Morgan fingerprint density at radius 1 is 1.00 bits per heavy atom. The molecule has 86 valence electrons. The summed E-state index contributed by atoms with van der Waals surface area (Å²) >= 11 is 0. The molecule has 0 bridgehead atoms. The highest BCUT2D eigenvalue weighted by Gasteiger charge is 2.28. The van der Waals surface area contributed by atoms with Crippen LogP contribution in [-0.4, -0.2) is 4.98 Å². The molecule has 0 unspecified atom stereocenters. The fourth-order valence-electron chi connectivity index (χ4n) is 1.50. The van der Waals surface area contributed by atoms with E-state index in [-0.39, 0.29) is 10.8 Å². The van der Waals surface area contributed by atoms with Gasteiger partial charge in [-0.15, -0.1) is 0 Å². The van der Waals surface area contributed by atoms with Gasteiger partial charge in [0, 0.05) is 10.8 Å². The molecule has 0 spiro atoms. The van der Waals surface area contributed by atoms with Crippen LogP contribution in [0.1, 0.15) is 65.8 Å². The molecular weight excluding hydrogens is 186 g/mol. The van der Waals surface area contributed by atoms with E-state index in [0.717, 1.165) is 23.8 Å². The topological polar surface area (TPSA) is 26.0 Å². The Bertz CT molecular complexity index is 336. The van der Waals surface area contributed by atoms with Gasteiger partial charge in [-0.05, 0) is 6.42 Å². The maximum Gasteiger partial charge on any atom is 0.200 e. The number of hydrogen-bond acceptors (Lipinski definition) is 2. The smallest absolute Gasteiger partial charge is 0.200 e. The largest absolute Gasteiger partial charge is 0.444 e. The van der Waals surface area contributed by atoms with Gasteiger partial charge in [0.05, 0.1) is 5.69 Å². The molecule has 1 aromatic heterocycles. The monoisotopic (exact) mass is 209 g/mol. The molecule has 0 radical (unpaired) electrons. The van der Waals surface area contributed by atoms with E-state index in [1.54, 1.807) is 0 Å². The Hall–Kier alpha value is -0.790. The van der Waals surface area contributed by atoms with E-state index in [2.05, 4.69) is 53.5 Å². The second-order valence-electron chi connectivity index (χ2n) is 6.15. The predicted molar refractivity (Wildman–Crippen MR) is 63.3 cm³/mol. The first kappa shape index (κ1) is 12.3. The van der Waals surface area contributed by atoms with Gasteiger partial charge in [0.2, 0.25) is 0 Å². The van der Waals surface area contributed by atoms with Crippen LogP contribution in [0.4, 0.5) is 0 Å². The fourth-order valence-corrected chi connectivity index (χ4v) is 1.50. The lowest BCUT2D eigenvalue weighted by Crippen LogP contribution is -2.12. The minimum atomic E-state index is -0.00653. The molecule has 0 amide bonds. The van der Waals surface area contributed by atoms with Gasteiger partial charge < -0.3 is 4.42 Å². The highest BCUT2D eigenvalue weighted by Crippen LogP contribution is 2.31. The molecule has 0 N–H and O–H groups in total. The van der Waals surface area contributed by atoms with Crippen LogP contribution in [-0.2, 0) is 17.3 Å². The third-order valence-corrected chi connectivity index (χ3v) is 2.36. The van der Waals surface area contributed by atoms with Crippen molar-refractivity contribution in [2.75, 3.05) is 0 Å². The van der Waals surface area contributed by atoms with Gasteiger partial charge in [0.15, 0.2) is 5.89 Å². The standard InChI is InChI=1S/C13H23NO/c1-8-9-10(12(2,3)4)15-11(14-9)13(5,6)7/h8H2,1-7H3. The van der Waals surface area contributed by atoms with Crippen molar-refractivity contribution in [2.24, 2.45) is 0 Å². The van der Waals surface area contributed by atoms with Crippen molar-refractivity contribution in [2.45, 2.75) is 65.7 Å². The van der Waals surface area contributed by atoms with Gasteiger partial charge in [-0.2, -0.15) is 0 Å². The van der Waals surface area contributed by atoms with Crippen LogP contribution in [0.25, 0.3) is 0 Å². The first-order valence-corrected chi connectivity index (χ1v) is 5.67. The highest BCUT2D eigenvalue weighted by atomic mass is 16.4. The SMILES string of the molecule is CCc1nc(C(C)(C)C)oc1C(C)(C)C. The van der Waals surface area contributed by atoms with Gasteiger partial charge in [-0.3, -0.25) is 0 Å². The van der Waals surface area contributed by atoms with Crippen LogP contribution in [0, 0.1) is 0 Å². The molecular formula is C13H23NO. The van der Waals surface area contributed by atoms with Crippen molar-refractivity contribution >= 4 is 0 Å². The predicted octanol–water partition coefficient (Wildman–Crippen LogP) is 3.83. The van der Waals surface area contributed by atoms with Crippen molar-refractivity contribution in [3.63, 3.8) is 0 Å². The second-order valence-corrected chi connectivity index (χ2v) is 6.15. The van der Waals surface area contributed by atoms with Crippen molar-refractivity contribution in [1.82, 2.24) is 4.98 Å². The van der Waals surface area contributed by atoms with Crippen LogP contribution < -0.4 is 0 Å². The molecule has 2 nitrogen and oxygen atoms in total. The van der Waals surface area contributed by atoms with Crippen LogP contribution in [0.2, 0.25) is 0 Å². The first-order valence-electron chi connectivity index (χ1n) is 5.67. The zero-order valence-corrected chi connectivity index (χ0v) is 11.1. The molecule has 0 aliphatic rings. The van der Waals surface area contributed by atoms with Gasteiger partial charge in [-0.1, -0.05) is 48.5 Å². The van der Waals surface area contributed by atoms with E-state index in [0.29, 0.717) is 0 Å². The first-order chi connectivity index (χ1) is 6.66. The molecule has 0 saturated carbocycles. The van der Waals surface area contributed by atoms with Gasteiger partial charge in [0.1, 0.15) is 5.76 Å². The van der Waals surface area contributed by atoms with E-state index in [1.807, 2.05) is 0 Å². The Kier molecular flexibility index (Phi) is 2.99. The molecule has 1 heterocycles. The van der Waals surface area contributed by atoms with Crippen LogP contribution >= 0.6 is 0 Å². The number of hydrogen-bond donors (Lipinski definition) is 0. The number of aryl methyl sites for hydroxylation is 1. The molecule has 15 heavy (non-hydrogen) atoms. The number of rotatable bonds is 1. The lowest BCUT2D eigenvalue weighted by Gasteiger charge is -2.17. The quantitative estimate of drug-likeness (QED) is 0.702. The maximum atomic E-state index is 5.92. The Morgan fingerprint density at radius 3 is 1.80 bits per heavy atom. The maximum absolute atomic E-state index is 5.92. The van der Waals surface area contributed by atoms with Crippen molar-refractivity contribution in [3.05, 3.63) is 17.3 Å². The summed E-state index contributed by atoms with van der Waals surface area (Å²) in [6.07, 6.45) is 0.937. The minimum Gasteiger partial charge on any atom is -0.444 e. The summed E-state index contributed by atoms with van der Waals surface area (Å²) in [4.78, 5) is 4.60. The normalized spacial score (nSPS) is 13.3. The third kappa shape index (κ3) is 2.61. The van der Waals surface area contributed by atoms with E-state index >= 15 is 0 Å². The molecule has 0 aromatic carbocycles. The number of aromatic nitrogens is 1.